The number of aromatic nitrogens is 2. The first kappa shape index (κ1) is 27.5. The Bertz CT molecular complexity index is 1240. The number of carbonyl (C=O) groups is 2. The molecule has 0 bridgehead atoms. The van der Waals surface area contributed by atoms with Gasteiger partial charge in [-0.2, -0.15) is 5.10 Å². The van der Waals surface area contributed by atoms with Gasteiger partial charge in [-0.1, -0.05) is 68.2 Å². The van der Waals surface area contributed by atoms with Crippen molar-refractivity contribution in [2.45, 2.75) is 45.8 Å². The van der Waals surface area contributed by atoms with E-state index >= 15 is 0 Å². The lowest BCUT2D eigenvalue weighted by Gasteiger charge is -2.36. The van der Waals surface area contributed by atoms with Crippen LogP contribution in [0.5, 0.6) is 5.88 Å². The highest BCUT2D eigenvalue weighted by Crippen LogP contribution is 2.32. The molecule has 2 atom stereocenters. The van der Waals surface area contributed by atoms with E-state index in [0.717, 1.165) is 0 Å². The molecule has 0 radical (unpaired) electrons. The zero-order valence-corrected chi connectivity index (χ0v) is 22.0. The van der Waals surface area contributed by atoms with Gasteiger partial charge in [0, 0.05) is 16.1 Å². The van der Waals surface area contributed by atoms with Crippen LogP contribution in [0.3, 0.4) is 0 Å². The fourth-order valence-corrected chi connectivity index (χ4v) is 3.73. The third-order valence-corrected chi connectivity index (χ3v) is 6.61. The molecule has 3 aromatic rings. The van der Waals surface area contributed by atoms with E-state index in [4.69, 9.17) is 27.9 Å². The van der Waals surface area contributed by atoms with E-state index in [1.165, 1.54) is 16.8 Å². The molecule has 3 N–H and O–H groups in total. The second-order valence-electron chi connectivity index (χ2n) is 9.72. The van der Waals surface area contributed by atoms with Crippen molar-refractivity contribution < 1.29 is 24.5 Å². The summed E-state index contributed by atoms with van der Waals surface area (Å²) in [6.45, 7) is 7.32. The van der Waals surface area contributed by atoms with Crippen molar-refractivity contribution in [1.29, 1.82) is 0 Å². The number of hydrogen-bond donors (Lipinski definition) is 3. The molecule has 0 unspecified atom stereocenters. The first-order chi connectivity index (χ1) is 16.8. The largest absolute Gasteiger partial charge is 0.481 e. The van der Waals surface area contributed by atoms with Gasteiger partial charge < -0.3 is 20.3 Å². The molecular formula is C26H29Cl2N3O5. The third-order valence-electron chi connectivity index (χ3n) is 6.05. The van der Waals surface area contributed by atoms with Gasteiger partial charge in [-0.3, -0.25) is 9.59 Å². The fourth-order valence-electron chi connectivity index (χ4n) is 3.19. The number of benzene rings is 2. The molecule has 0 saturated carbocycles. The Morgan fingerprint density at radius 2 is 1.75 bits per heavy atom. The smallest absolute Gasteiger partial charge is 0.305 e. The lowest BCUT2D eigenvalue weighted by Crippen LogP contribution is -2.45. The van der Waals surface area contributed by atoms with Gasteiger partial charge in [0.25, 0.3) is 5.91 Å². The molecule has 0 fully saturated rings. The van der Waals surface area contributed by atoms with E-state index < -0.39 is 35.4 Å². The standard InChI is InChI=1S/C26H29Cl2N3O5/c1-25(2,3)26(4,35)15-36-22-13-21(30-31(22)17-8-6-5-7-9-17)24(34)29-20(14-23(32)33)18-11-10-16(27)12-19(18)28/h5-13,20,35H,14-15H2,1-4H3,(H,29,34)(H,32,33)/t20-,26-/m0/s1. The Morgan fingerprint density at radius 3 is 2.33 bits per heavy atom. The Kier molecular flexibility index (Phi) is 8.33. The molecule has 1 heterocycles. The summed E-state index contributed by atoms with van der Waals surface area (Å²) in [6.07, 6.45) is -0.399. The van der Waals surface area contributed by atoms with Crippen LogP contribution in [0.1, 0.15) is 56.2 Å². The number of carbonyl (C=O) groups excluding carboxylic acids is 1. The van der Waals surface area contributed by atoms with Gasteiger partial charge in [-0.15, -0.1) is 0 Å². The first-order valence-corrected chi connectivity index (χ1v) is 12.0. The second kappa shape index (κ2) is 10.9. The summed E-state index contributed by atoms with van der Waals surface area (Å²) in [4.78, 5) is 24.7. The maximum absolute atomic E-state index is 13.2. The van der Waals surface area contributed by atoms with Crippen LogP contribution >= 0.6 is 23.2 Å². The molecule has 10 heteroatoms. The van der Waals surface area contributed by atoms with E-state index in [1.54, 1.807) is 31.2 Å². The van der Waals surface area contributed by atoms with Gasteiger partial charge in [0.05, 0.1) is 18.2 Å². The predicted octanol–water partition coefficient (Wildman–Crippen LogP) is 5.30. The minimum Gasteiger partial charge on any atom is -0.481 e. The summed E-state index contributed by atoms with van der Waals surface area (Å²) in [5.41, 5.74) is -0.572. The van der Waals surface area contributed by atoms with Crippen molar-refractivity contribution in [2.75, 3.05) is 6.61 Å². The number of aliphatic hydroxyl groups is 1. The Labute approximate surface area is 219 Å². The summed E-state index contributed by atoms with van der Waals surface area (Å²) < 4.78 is 7.39. The molecule has 0 aliphatic heterocycles. The molecular weight excluding hydrogens is 505 g/mol. The van der Waals surface area contributed by atoms with Crippen LogP contribution in [-0.2, 0) is 4.79 Å². The van der Waals surface area contributed by atoms with Crippen LogP contribution in [0.15, 0.2) is 54.6 Å². The van der Waals surface area contributed by atoms with Gasteiger partial charge in [0.15, 0.2) is 5.69 Å². The number of hydrogen-bond acceptors (Lipinski definition) is 5. The number of amides is 1. The van der Waals surface area contributed by atoms with Crippen LogP contribution in [0, 0.1) is 5.41 Å². The number of carboxylic acid groups (broad SMARTS) is 1. The summed E-state index contributed by atoms with van der Waals surface area (Å²) in [7, 11) is 0. The molecule has 0 aliphatic rings. The molecule has 36 heavy (non-hydrogen) atoms. The number of carboxylic acids is 1. The number of halogens is 2. The number of para-hydroxylation sites is 1. The monoisotopic (exact) mass is 533 g/mol. The van der Waals surface area contributed by atoms with E-state index in [9.17, 15) is 19.8 Å². The number of rotatable bonds is 9. The number of nitrogens with zero attached hydrogens (tertiary/aromatic N) is 2. The molecule has 1 aromatic heterocycles. The highest BCUT2D eigenvalue weighted by atomic mass is 35.5. The van der Waals surface area contributed by atoms with Gasteiger partial charge in [0.1, 0.15) is 12.2 Å². The van der Waals surface area contributed by atoms with Gasteiger partial charge >= 0.3 is 5.97 Å². The van der Waals surface area contributed by atoms with Gasteiger partial charge in [0.2, 0.25) is 5.88 Å². The van der Waals surface area contributed by atoms with Crippen molar-refractivity contribution in [3.8, 4) is 11.6 Å². The van der Waals surface area contributed by atoms with Gasteiger partial charge in [-0.05, 0) is 42.2 Å². The molecule has 1 amide bonds. The second-order valence-corrected chi connectivity index (χ2v) is 10.6. The number of ether oxygens (including phenoxy) is 1. The lowest BCUT2D eigenvalue weighted by atomic mass is 9.78. The molecule has 8 nitrogen and oxygen atoms in total. The molecule has 0 saturated heterocycles. The Hall–Kier alpha value is -3.07. The Balaban J connectivity index is 1.93. The third kappa shape index (κ3) is 6.57. The lowest BCUT2D eigenvalue weighted by molar-refractivity contribution is -0.137. The van der Waals surface area contributed by atoms with Crippen molar-refractivity contribution in [2.24, 2.45) is 5.41 Å². The van der Waals surface area contributed by atoms with Crippen molar-refractivity contribution in [3.05, 3.63) is 75.9 Å². The average Bonchev–Trinajstić information content (AvgIpc) is 3.21. The van der Waals surface area contributed by atoms with Crippen LogP contribution in [0.25, 0.3) is 5.69 Å². The number of nitrogens with one attached hydrogen (secondary N) is 1. The highest BCUT2D eigenvalue weighted by molar-refractivity contribution is 6.35. The molecule has 2 aromatic carbocycles. The normalized spacial score (nSPS) is 14.1. The van der Waals surface area contributed by atoms with Crippen LogP contribution in [0.4, 0.5) is 0 Å². The van der Waals surface area contributed by atoms with E-state index in [1.807, 2.05) is 39.0 Å². The minimum atomic E-state index is -1.17. The molecule has 3 rings (SSSR count). The quantitative estimate of drug-likeness (QED) is 0.343. The average molecular weight is 534 g/mol. The van der Waals surface area contributed by atoms with Crippen LogP contribution in [-0.4, -0.2) is 44.1 Å². The highest BCUT2D eigenvalue weighted by Gasteiger charge is 2.36. The van der Waals surface area contributed by atoms with E-state index in [-0.39, 0.29) is 23.2 Å². The van der Waals surface area contributed by atoms with Crippen LogP contribution in [0.2, 0.25) is 10.0 Å². The summed E-state index contributed by atoms with van der Waals surface area (Å²) in [5.74, 6) is -1.49. The molecule has 0 aliphatic carbocycles. The maximum Gasteiger partial charge on any atom is 0.305 e. The van der Waals surface area contributed by atoms with Crippen LogP contribution < -0.4 is 10.1 Å². The maximum atomic E-state index is 13.2. The SMILES string of the molecule is CC(C)(C)[C@@](C)(O)COc1cc(C(=O)N[C@@H](CC(=O)O)c2ccc(Cl)cc2Cl)nn1-c1ccccc1. The van der Waals surface area contributed by atoms with Crippen molar-refractivity contribution in [3.63, 3.8) is 0 Å². The molecule has 192 valence electrons. The summed E-state index contributed by atoms with van der Waals surface area (Å²) >= 11 is 12.2. The summed E-state index contributed by atoms with van der Waals surface area (Å²) in [5, 5.41) is 28.0. The van der Waals surface area contributed by atoms with Gasteiger partial charge in [-0.25, -0.2) is 4.68 Å². The van der Waals surface area contributed by atoms with E-state index in [2.05, 4.69) is 10.4 Å². The molecule has 0 spiro atoms. The fraction of sp³-hybridized carbons (Fsp3) is 0.346. The zero-order chi connectivity index (χ0) is 26.7. The topological polar surface area (TPSA) is 114 Å². The zero-order valence-electron chi connectivity index (χ0n) is 20.5. The van der Waals surface area contributed by atoms with Crippen molar-refractivity contribution in [1.82, 2.24) is 15.1 Å². The minimum absolute atomic E-state index is 0.00438. The first-order valence-electron chi connectivity index (χ1n) is 11.3. The predicted molar refractivity (Wildman–Crippen MR) is 138 cm³/mol. The number of aliphatic carboxylic acids is 1. The summed E-state index contributed by atoms with van der Waals surface area (Å²) in [6, 6.07) is 14.2. The van der Waals surface area contributed by atoms with E-state index in [0.29, 0.717) is 16.3 Å². The van der Waals surface area contributed by atoms with Crippen molar-refractivity contribution >= 4 is 35.1 Å². The Morgan fingerprint density at radius 1 is 1.08 bits per heavy atom.